The molecule has 0 radical (unpaired) electrons. The monoisotopic (exact) mass is 432 g/mol. The molecule has 0 aliphatic carbocycles. The second-order valence-electron chi connectivity index (χ2n) is 7.31. The first-order valence-electron chi connectivity index (χ1n) is 10.1. The normalized spacial score (nSPS) is 12.3. The van der Waals surface area contributed by atoms with Crippen LogP contribution in [0.5, 0.6) is 11.5 Å². The highest BCUT2D eigenvalue weighted by atomic mass is 35.5. The van der Waals surface area contributed by atoms with E-state index in [0.29, 0.717) is 19.6 Å². The Hall–Kier alpha value is -3.35. The van der Waals surface area contributed by atoms with E-state index >= 15 is 0 Å². The summed E-state index contributed by atoms with van der Waals surface area (Å²) in [6.07, 6.45) is 0. The molecule has 2 heterocycles. The third kappa shape index (κ3) is 4.55. The van der Waals surface area contributed by atoms with Crippen LogP contribution in [0.4, 0.5) is 0 Å². The van der Waals surface area contributed by atoms with E-state index in [1.807, 2.05) is 60.7 Å². The van der Waals surface area contributed by atoms with Crippen molar-refractivity contribution in [3.8, 4) is 22.8 Å². The maximum atomic E-state index is 6.00. The van der Waals surface area contributed by atoms with Crippen LogP contribution in [0.2, 0.25) is 5.02 Å². The van der Waals surface area contributed by atoms with Crippen molar-refractivity contribution < 1.29 is 9.47 Å². The number of fused-ring (bicyclic) bond motifs is 1. The van der Waals surface area contributed by atoms with E-state index in [9.17, 15) is 0 Å². The summed E-state index contributed by atoms with van der Waals surface area (Å²) in [5.74, 6) is 1.58. The Kier molecular flexibility index (Phi) is 5.56. The maximum absolute atomic E-state index is 6.00. The van der Waals surface area contributed by atoms with Crippen LogP contribution in [0.3, 0.4) is 0 Å². The van der Waals surface area contributed by atoms with Gasteiger partial charge in [-0.25, -0.2) is 0 Å². The number of nitrogens with one attached hydrogen (secondary N) is 1. The van der Waals surface area contributed by atoms with Crippen molar-refractivity contribution in [3.63, 3.8) is 0 Å². The molecule has 7 heteroatoms. The van der Waals surface area contributed by atoms with Gasteiger partial charge in [-0.2, -0.15) is 15.0 Å². The van der Waals surface area contributed by atoms with Gasteiger partial charge >= 0.3 is 0 Å². The molecule has 0 bridgehead atoms. The van der Waals surface area contributed by atoms with Crippen LogP contribution in [0, 0.1) is 0 Å². The smallest absolute Gasteiger partial charge is 0.231 e. The van der Waals surface area contributed by atoms with Gasteiger partial charge in [0.1, 0.15) is 11.4 Å². The highest BCUT2D eigenvalue weighted by Gasteiger charge is 2.15. The summed E-state index contributed by atoms with van der Waals surface area (Å²) in [6.45, 7) is 2.15. The van der Waals surface area contributed by atoms with Gasteiger partial charge in [0.05, 0.1) is 6.54 Å². The van der Waals surface area contributed by atoms with Crippen molar-refractivity contribution in [1.82, 2.24) is 20.3 Å². The van der Waals surface area contributed by atoms with Crippen molar-refractivity contribution in [1.29, 1.82) is 0 Å². The predicted octanol–water partition coefficient (Wildman–Crippen LogP) is 4.67. The fourth-order valence-corrected chi connectivity index (χ4v) is 3.65. The number of ether oxygens (including phenoxy) is 2. The van der Waals surface area contributed by atoms with Gasteiger partial charge in [0.2, 0.25) is 6.79 Å². The van der Waals surface area contributed by atoms with Crippen molar-refractivity contribution in [2.75, 3.05) is 6.79 Å². The largest absolute Gasteiger partial charge is 0.454 e. The minimum absolute atomic E-state index is 0.281. The van der Waals surface area contributed by atoms with Crippen LogP contribution in [-0.4, -0.2) is 21.8 Å². The van der Waals surface area contributed by atoms with Crippen LogP contribution in [-0.2, 0) is 19.6 Å². The van der Waals surface area contributed by atoms with Gasteiger partial charge in [-0.1, -0.05) is 60.1 Å². The third-order valence-corrected chi connectivity index (χ3v) is 5.32. The molecule has 4 aromatic rings. The predicted molar refractivity (Wildman–Crippen MR) is 119 cm³/mol. The Bertz CT molecular complexity index is 1180. The second kappa shape index (κ2) is 8.79. The molecule has 0 amide bonds. The van der Waals surface area contributed by atoms with Crippen LogP contribution in [0.15, 0.2) is 72.8 Å². The number of aromatic nitrogens is 3. The van der Waals surface area contributed by atoms with Crippen molar-refractivity contribution in [2.45, 2.75) is 19.6 Å². The maximum Gasteiger partial charge on any atom is 0.231 e. The van der Waals surface area contributed by atoms with Gasteiger partial charge in [-0.15, -0.1) is 0 Å². The van der Waals surface area contributed by atoms with E-state index in [2.05, 4.69) is 17.4 Å². The SMILES string of the molecule is Clc1ccc(Cn2nc(CNCc3ccc4c(c3)OCO4)c(-c3ccccc3)n2)cc1. The summed E-state index contributed by atoms with van der Waals surface area (Å²) >= 11 is 6.00. The van der Waals surface area contributed by atoms with Crippen molar-refractivity contribution >= 4 is 11.6 Å². The summed E-state index contributed by atoms with van der Waals surface area (Å²) < 4.78 is 10.8. The minimum Gasteiger partial charge on any atom is -0.454 e. The van der Waals surface area contributed by atoms with Crippen LogP contribution < -0.4 is 14.8 Å². The molecule has 156 valence electrons. The van der Waals surface area contributed by atoms with Gasteiger partial charge in [-0.3, -0.25) is 0 Å². The molecule has 31 heavy (non-hydrogen) atoms. The quantitative estimate of drug-likeness (QED) is 0.460. The van der Waals surface area contributed by atoms with E-state index in [0.717, 1.165) is 44.6 Å². The highest BCUT2D eigenvalue weighted by Crippen LogP contribution is 2.32. The summed E-state index contributed by atoms with van der Waals surface area (Å²) in [5.41, 5.74) is 5.05. The molecule has 0 atom stereocenters. The summed E-state index contributed by atoms with van der Waals surface area (Å²) in [6, 6.07) is 23.9. The van der Waals surface area contributed by atoms with Crippen LogP contribution in [0.1, 0.15) is 16.8 Å². The first kappa shape index (κ1) is 19.6. The highest BCUT2D eigenvalue weighted by molar-refractivity contribution is 6.30. The molecular weight excluding hydrogens is 412 g/mol. The molecule has 0 saturated carbocycles. The Morgan fingerprint density at radius 2 is 1.61 bits per heavy atom. The summed E-state index contributed by atoms with van der Waals surface area (Å²) in [5, 5.41) is 13.7. The third-order valence-electron chi connectivity index (χ3n) is 5.07. The summed E-state index contributed by atoms with van der Waals surface area (Å²) in [7, 11) is 0. The minimum atomic E-state index is 0.281. The van der Waals surface area contributed by atoms with E-state index in [1.165, 1.54) is 0 Å². The Labute approximate surface area is 185 Å². The zero-order valence-electron chi connectivity index (χ0n) is 16.8. The Morgan fingerprint density at radius 3 is 2.45 bits per heavy atom. The number of hydrogen-bond donors (Lipinski definition) is 1. The fourth-order valence-electron chi connectivity index (χ4n) is 3.52. The lowest BCUT2D eigenvalue weighted by atomic mass is 10.1. The second-order valence-corrected chi connectivity index (χ2v) is 7.75. The van der Waals surface area contributed by atoms with E-state index < -0.39 is 0 Å². The lowest BCUT2D eigenvalue weighted by Gasteiger charge is -2.05. The number of benzene rings is 3. The zero-order chi connectivity index (χ0) is 21.0. The van der Waals surface area contributed by atoms with E-state index in [1.54, 1.807) is 4.80 Å². The van der Waals surface area contributed by atoms with Crippen LogP contribution >= 0.6 is 11.6 Å². The van der Waals surface area contributed by atoms with Gasteiger partial charge in [0.15, 0.2) is 11.5 Å². The lowest BCUT2D eigenvalue weighted by Crippen LogP contribution is -2.14. The molecule has 1 aliphatic rings. The van der Waals surface area contributed by atoms with Gasteiger partial charge in [-0.05, 0) is 35.4 Å². The molecule has 1 aromatic heterocycles. The topological polar surface area (TPSA) is 61.2 Å². The molecule has 0 saturated heterocycles. The average molecular weight is 433 g/mol. The van der Waals surface area contributed by atoms with Crippen LogP contribution in [0.25, 0.3) is 11.3 Å². The summed E-state index contributed by atoms with van der Waals surface area (Å²) in [4.78, 5) is 1.74. The van der Waals surface area contributed by atoms with E-state index in [4.69, 9.17) is 31.3 Å². The molecule has 5 rings (SSSR count). The standard InChI is InChI=1S/C24H21ClN4O2/c25-20-9-6-17(7-10-20)15-29-27-21(24(28-29)19-4-2-1-3-5-19)14-26-13-18-8-11-22-23(12-18)31-16-30-22/h1-12,26H,13-16H2. The number of nitrogens with zero attached hydrogens (tertiary/aromatic N) is 3. The van der Waals surface area contributed by atoms with Crippen molar-refractivity contribution in [2.24, 2.45) is 0 Å². The van der Waals surface area contributed by atoms with Crippen molar-refractivity contribution in [3.05, 3.63) is 94.6 Å². The molecule has 0 fully saturated rings. The van der Waals surface area contributed by atoms with Gasteiger partial charge in [0, 0.05) is 23.7 Å². The fraction of sp³-hybridized carbons (Fsp3) is 0.167. The van der Waals surface area contributed by atoms with E-state index in [-0.39, 0.29) is 6.79 Å². The molecule has 0 unspecified atom stereocenters. The Balaban J connectivity index is 1.33. The first-order valence-corrected chi connectivity index (χ1v) is 10.5. The first-order chi connectivity index (χ1) is 15.2. The number of rotatable bonds is 7. The van der Waals surface area contributed by atoms with Gasteiger partial charge < -0.3 is 14.8 Å². The molecule has 1 N–H and O–H groups in total. The molecule has 1 aliphatic heterocycles. The lowest BCUT2D eigenvalue weighted by molar-refractivity contribution is 0.174. The average Bonchev–Trinajstić information content (AvgIpc) is 3.42. The molecular formula is C24H21ClN4O2. The molecule has 3 aromatic carbocycles. The molecule has 0 spiro atoms. The zero-order valence-corrected chi connectivity index (χ0v) is 17.5. The molecule has 6 nitrogen and oxygen atoms in total. The number of halogens is 1. The van der Waals surface area contributed by atoms with Gasteiger partial charge in [0.25, 0.3) is 0 Å². The number of hydrogen-bond acceptors (Lipinski definition) is 5. The Morgan fingerprint density at radius 1 is 0.839 bits per heavy atom.